The van der Waals surface area contributed by atoms with Gasteiger partial charge in [0.05, 0.1) is 30.4 Å². The van der Waals surface area contributed by atoms with Crippen LogP contribution in [0.4, 0.5) is 11.4 Å². The lowest BCUT2D eigenvalue weighted by atomic mass is 10.0. The Hall–Kier alpha value is -5.27. The van der Waals surface area contributed by atoms with Gasteiger partial charge in [-0.2, -0.15) is 0 Å². The highest BCUT2D eigenvalue weighted by Crippen LogP contribution is 2.33. The summed E-state index contributed by atoms with van der Waals surface area (Å²) in [5, 5.41) is 24.0. The SMILES string of the molecule is CC(=O)OC(C)C(=O)N1C[C@H](NC(=O)c2cc(C)c(O)c(C)c2)C(=O)N(CC(=O)N[C@H](C=O)CC(=O)O)c2ccccc21. The van der Waals surface area contributed by atoms with Gasteiger partial charge in [-0.25, -0.2) is 0 Å². The second kappa shape index (κ2) is 13.6. The third-order valence-electron chi connectivity index (χ3n) is 6.61. The van der Waals surface area contributed by atoms with Crippen LogP contribution in [0, 0.1) is 13.8 Å². The summed E-state index contributed by atoms with van der Waals surface area (Å²) in [6.07, 6.45) is -1.69. The van der Waals surface area contributed by atoms with Gasteiger partial charge in [-0.05, 0) is 56.2 Å². The summed E-state index contributed by atoms with van der Waals surface area (Å²) in [5.41, 5.74) is 1.22. The number of phenols is 1. The summed E-state index contributed by atoms with van der Waals surface area (Å²) in [6.45, 7) is 4.58. The van der Waals surface area contributed by atoms with Gasteiger partial charge in [0.1, 0.15) is 24.6 Å². The number of carboxylic acid groups (broad SMARTS) is 1. The highest BCUT2D eigenvalue weighted by atomic mass is 16.5. The Balaban J connectivity index is 2.05. The topological polar surface area (TPSA) is 200 Å². The normalized spacial score (nSPS) is 15.8. The average Bonchev–Trinajstić information content (AvgIpc) is 3.04. The number of benzene rings is 2. The number of nitrogens with zero attached hydrogens (tertiary/aromatic N) is 2. The number of ether oxygens (including phenoxy) is 1. The van der Waals surface area contributed by atoms with E-state index in [-0.39, 0.29) is 29.0 Å². The van der Waals surface area contributed by atoms with E-state index >= 15 is 0 Å². The molecule has 3 atom stereocenters. The maximum absolute atomic E-state index is 14.0. The number of anilines is 2. The molecule has 4 N–H and O–H groups in total. The zero-order valence-electron chi connectivity index (χ0n) is 23.9. The number of esters is 1. The number of aliphatic carboxylic acids is 1. The molecular weight excluding hydrogens is 564 g/mol. The zero-order chi connectivity index (χ0) is 32.0. The van der Waals surface area contributed by atoms with Crippen molar-refractivity contribution in [3.8, 4) is 5.75 Å². The smallest absolute Gasteiger partial charge is 0.305 e. The summed E-state index contributed by atoms with van der Waals surface area (Å²) in [4.78, 5) is 89.8. The average molecular weight is 597 g/mol. The van der Waals surface area contributed by atoms with Crippen LogP contribution in [0.5, 0.6) is 5.75 Å². The fourth-order valence-electron chi connectivity index (χ4n) is 4.63. The van der Waals surface area contributed by atoms with E-state index in [9.17, 15) is 38.7 Å². The number of carboxylic acids is 1. The van der Waals surface area contributed by atoms with E-state index in [0.29, 0.717) is 11.1 Å². The molecule has 1 aliphatic rings. The van der Waals surface area contributed by atoms with Crippen molar-refractivity contribution in [1.29, 1.82) is 0 Å². The molecule has 14 nitrogen and oxygen atoms in total. The van der Waals surface area contributed by atoms with Crippen molar-refractivity contribution >= 4 is 53.2 Å². The van der Waals surface area contributed by atoms with Crippen molar-refractivity contribution in [2.24, 2.45) is 0 Å². The molecule has 228 valence electrons. The molecule has 2 aromatic carbocycles. The number of phenolic OH excluding ortho intramolecular Hbond substituents is 1. The number of amides is 4. The standard InChI is InChI=1S/C29H32N4O10/c1-15-9-19(10-16(2)26(15)39)27(40)31-21-12-32(28(41)17(3)43-18(4)35)22-7-5-6-8-23(22)33(29(21)42)13-24(36)30-20(14-34)11-25(37)38/h5-10,14,17,20-21,39H,11-13H2,1-4H3,(H,30,36)(H,31,40)(H,37,38)/t17?,20-,21-/m0/s1. The first kappa shape index (κ1) is 32.2. The summed E-state index contributed by atoms with van der Waals surface area (Å²) < 4.78 is 5.07. The van der Waals surface area contributed by atoms with Crippen LogP contribution in [-0.2, 0) is 33.5 Å². The summed E-state index contributed by atoms with van der Waals surface area (Å²) in [5.74, 6) is -5.12. The van der Waals surface area contributed by atoms with E-state index in [1.54, 1.807) is 26.0 Å². The van der Waals surface area contributed by atoms with Crippen molar-refractivity contribution in [1.82, 2.24) is 10.6 Å². The monoisotopic (exact) mass is 596 g/mol. The third-order valence-corrected chi connectivity index (χ3v) is 6.61. The minimum atomic E-state index is -1.42. The van der Waals surface area contributed by atoms with E-state index in [2.05, 4.69) is 10.6 Å². The van der Waals surface area contributed by atoms with Gasteiger partial charge in [-0.3, -0.25) is 33.7 Å². The maximum atomic E-state index is 14.0. The zero-order valence-corrected chi connectivity index (χ0v) is 23.9. The molecule has 1 aliphatic heterocycles. The number of para-hydroxylation sites is 2. The van der Waals surface area contributed by atoms with E-state index in [1.807, 2.05) is 0 Å². The number of nitrogens with one attached hydrogen (secondary N) is 2. The number of carbonyl (C=O) groups excluding carboxylic acids is 6. The summed E-state index contributed by atoms with van der Waals surface area (Å²) in [7, 11) is 0. The number of hydrogen-bond acceptors (Lipinski definition) is 9. The molecule has 0 saturated heterocycles. The van der Waals surface area contributed by atoms with Gasteiger partial charge in [-0.15, -0.1) is 0 Å². The van der Waals surface area contributed by atoms with Crippen LogP contribution in [0.1, 0.15) is 41.8 Å². The van der Waals surface area contributed by atoms with Crippen LogP contribution in [0.2, 0.25) is 0 Å². The van der Waals surface area contributed by atoms with E-state index < -0.39 is 73.3 Å². The van der Waals surface area contributed by atoms with Crippen LogP contribution in [0.15, 0.2) is 36.4 Å². The Labute approximate surface area is 246 Å². The van der Waals surface area contributed by atoms with Crippen LogP contribution in [0.3, 0.4) is 0 Å². The Bertz CT molecular complexity index is 1450. The molecule has 4 amide bonds. The Kier molecular flexibility index (Phi) is 10.2. The number of rotatable bonds is 10. The highest BCUT2D eigenvalue weighted by molar-refractivity contribution is 6.11. The van der Waals surface area contributed by atoms with E-state index in [1.165, 1.54) is 31.2 Å². The molecule has 0 radical (unpaired) electrons. The van der Waals surface area contributed by atoms with Gasteiger partial charge >= 0.3 is 11.9 Å². The molecule has 43 heavy (non-hydrogen) atoms. The van der Waals surface area contributed by atoms with Crippen molar-refractivity contribution in [2.75, 3.05) is 22.9 Å². The molecule has 0 bridgehead atoms. The third kappa shape index (κ3) is 7.72. The Morgan fingerprint density at radius 3 is 2.26 bits per heavy atom. The molecule has 1 heterocycles. The van der Waals surface area contributed by atoms with Gasteiger partial charge < -0.3 is 35.3 Å². The van der Waals surface area contributed by atoms with Gasteiger partial charge in [0.25, 0.3) is 17.7 Å². The van der Waals surface area contributed by atoms with E-state index in [0.717, 1.165) is 16.7 Å². The molecule has 14 heteroatoms. The molecule has 0 spiro atoms. The molecule has 0 saturated carbocycles. The Morgan fingerprint density at radius 2 is 1.70 bits per heavy atom. The van der Waals surface area contributed by atoms with Crippen LogP contribution < -0.4 is 20.4 Å². The minimum Gasteiger partial charge on any atom is -0.507 e. The lowest BCUT2D eigenvalue weighted by Gasteiger charge is -2.27. The van der Waals surface area contributed by atoms with Gasteiger partial charge in [0.15, 0.2) is 6.10 Å². The number of carbonyl (C=O) groups is 7. The predicted molar refractivity (Wildman–Crippen MR) is 151 cm³/mol. The predicted octanol–water partition coefficient (Wildman–Crippen LogP) is 0.597. The first-order valence-corrected chi connectivity index (χ1v) is 13.2. The number of aryl methyl sites for hydroxylation is 2. The molecule has 2 aromatic rings. The van der Waals surface area contributed by atoms with Crippen molar-refractivity contribution < 1.29 is 48.5 Å². The van der Waals surface area contributed by atoms with Crippen molar-refractivity contribution in [2.45, 2.75) is 52.3 Å². The van der Waals surface area contributed by atoms with Crippen LogP contribution in [0.25, 0.3) is 0 Å². The summed E-state index contributed by atoms with van der Waals surface area (Å²) >= 11 is 0. The lowest BCUT2D eigenvalue weighted by Crippen LogP contribution is -2.55. The molecule has 1 unspecified atom stereocenters. The molecule has 0 fully saturated rings. The minimum absolute atomic E-state index is 0.00230. The maximum Gasteiger partial charge on any atom is 0.305 e. The van der Waals surface area contributed by atoms with Crippen molar-refractivity contribution in [3.63, 3.8) is 0 Å². The molecule has 0 aliphatic carbocycles. The fourth-order valence-corrected chi connectivity index (χ4v) is 4.63. The highest BCUT2D eigenvalue weighted by Gasteiger charge is 2.39. The number of hydrogen-bond donors (Lipinski definition) is 4. The first-order chi connectivity index (χ1) is 20.2. The van der Waals surface area contributed by atoms with Crippen molar-refractivity contribution in [3.05, 3.63) is 53.1 Å². The number of aromatic hydroxyl groups is 1. The first-order valence-electron chi connectivity index (χ1n) is 13.2. The molecule has 3 rings (SSSR count). The summed E-state index contributed by atoms with van der Waals surface area (Å²) in [6, 6.07) is 6.16. The molecule has 0 aromatic heterocycles. The number of fused-ring (bicyclic) bond motifs is 1. The van der Waals surface area contributed by atoms with Gasteiger partial charge in [0, 0.05) is 12.5 Å². The largest absolute Gasteiger partial charge is 0.507 e. The van der Waals surface area contributed by atoms with Crippen LogP contribution >= 0.6 is 0 Å². The second-order valence-corrected chi connectivity index (χ2v) is 10.0. The van der Waals surface area contributed by atoms with Gasteiger partial charge in [-0.1, -0.05) is 12.1 Å². The lowest BCUT2D eigenvalue weighted by molar-refractivity contribution is -0.151. The van der Waals surface area contributed by atoms with Crippen LogP contribution in [-0.4, -0.2) is 83.3 Å². The van der Waals surface area contributed by atoms with Gasteiger partial charge in [0.2, 0.25) is 5.91 Å². The molecular formula is C29H32N4O10. The Morgan fingerprint density at radius 1 is 1.09 bits per heavy atom. The van der Waals surface area contributed by atoms with E-state index in [4.69, 9.17) is 9.84 Å². The number of aldehydes is 1. The quantitative estimate of drug-likeness (QED) is 0.222. The fraction of sp³-hybridized carbons (Fsp3) is 0.345. The second-order valence-electron chi connectivity index (χ2n) is 10.0.